The summed E-state index contributed by atoms with van der Waals surface area (Å²) in [7, 11) is 0. The molecule has 11 heavy (non-hydrogen) atoms. The van der Waals surface area contributed by atoms with Crippen LogP contribution < -0.4 is 0 Å². The van der Waals surface area contributed by atoms with Crippen molar-refractivity contribution >= 4 is 20.2 Å². The van der Waals surface area contributed by atoms with Crippen LogP contribution in [0.1, 0.15) is 10.3 Å². The molecule has 0 unspecified atom stereocenters. The molecule has 1 rings (SSSR count). The Morgan fingerprint density at radius 3 is 3.00 bits per heavy atom. The molecule has 1 N–H and O–H groups in total. The molecule has 0 aliphatic carbocycles. The molecule has 0 aliphatic rings. The zero-order valence-corrected chi connectivity index (χ0v) is 7.49. The van der Waals surface area contributed by atoms with E-state index in [1.807, 2.05) is 11.9 Å². The number of hydrogen-bond donors (Lipinski definition) is 1. The van der Waals surface area contributed by atoms with Crippen molar-refractivity contribution in [3.8, 4) is 6.07 Å². The van der Waals surface area contributed by atoms with Crippen LogP contribution in [-0.2, 0) is 0 Å². The first-order valence-electron chi connectivity index (χ1n) is 2.82. The normalized spacial score (nSPS) is 11.1. The van der Waals surface area contributed by atoms with Gasteiger partial charge < -0.3 is 0 Å². The van der Waals surface area contributed by atoms with Crippen LogP contribution in [0.5, 0.6) is 0 Å². The molecule has 56 valence electrons. The van der Waals surface area contributed by atoms with Gasteiger partial charge in [-0.3, -0.25) is 0 Å². The molecule has 0 amide bonds. The molecule has 4 nitrogen and oxygen atoms in total. The molecule has 0 saturated carbocycles. The first-order chi connectivity index (χ1) is 5.27. The van der Waals surface area contributed by atoms with Crippen molar-refractivity contribution in [1.29, 1.82) is 5.26 Å². The van der Waals surface area contributed by atoms with E-state index in [-0.39, 0.29) is 20.2 Å². The monoisotopic (exact) mass is 215 g/mol. The minimum absolute atomic E-state index is 0.0260. The van der Waals surface area contributed by atoms with E-state index in [2.05, 4.69) is 10.1 Å². The van der Waals surface area contributed by atoms with E-state index in [1.165, 1.54) is 0 Å². The molecule has 1 aromatic heterocycles. The third-order valence-electron chi connectivity index (χ3n) is 1.03. The van der Waals surface area contributed by atoms with E-state index >= 15 is 0 Å². The van der Waals surface area contributed by atoms with Crippen molar-refractivity contribution in [2.24, 2.45) is 5.16 Å². The van der Waals surface area contributed by atoms with Crippen molar-refractivity contribution in [2.45, 2.75) is 6.92 Å². The summed E-state index contributed by atoms with van der Waals surface area (Å²) < 4.78 is 0.597. The van der Waals surface area contributed by atoms with Crippen LogP contribution in [0.4, 0.5) is 0 Å². The fraction of sp³-hybridized carbons (Fsp3) is 0.167. The van der Waals surface area contributed by atoms with Crippen LogP contribution >= 0.6 is 0 Å². The van der Waals surface area contributed by atoms with E-state index in [0.29, 0.717) is 4.57 Å². The molecule has 0 saturated heterocycles. The number of aryl methyl sites for hydroxylation is 1. The Kier molecular flexibility index (Phi) is 2.42. The standard InChI is InChI=1S/C6H5N3OSe/c1-4-3-11-6(8-4)5(2-7)9-10/h3,10H,1H3/b9-5+. The van der Waals surface area contributed by atoms with Crippen molar-refractivity contribution in [2.75, 3.05) is 0 Å². The van der Waals surface area contributed by atoms with Crippen molar-refractivity contribution < 1.29 is 5.21 Å². The molecule has 5 heteroatoms. The van der Waals surface area contributed by atoms with Crippen molar-refractivity contribution in [1.82, 2.24) is 4.98 Å². The Hall–Kier alpha value is -1.11. The third kappa shape index (κ3) is 1.67. The second kappa shape index (κ2) is 3.33. The number of nitrogens with zero attached hydrogens (tertiary/aromatic N) is 3. The maximum absolute atomic E-state index is 8.44. The average molecular weight is 214 g/mol. The van der Waals surface area contributed by atoms with Gasteiger partial charge in [-0.1, -0.05) is 0 Å². The van der Waals surface area contributed by atoms with Gasteiger partial charge in [0.25, 0.3) is 0 Å². The molecule has 1 aromatic rings. The second-order valence-electron chi connectivity index (χ2n) is 1.85. The summed E-state index contributed by atoms with van der Waals surface area (Å²) >= 11 is 0.0569. The van der Waals surface area contributed by atoms with Gasteiger partial charge in [0.2, 0.25) is 0 Å². The second-order valence-corrected chi connectivity index (χ2v) is 3.65. The fourth-order valence-electron chi connectivity index (χ4n) is 0.576. The quantitative estimate of drug-likeness (QED) is 0.313. The summed E-state index contributed by atoms with van der Waals surface area (Å²) in [5.41, 5.74) is 0.912. The van der Waals surface area contributed by atoms with Crippen LogP contribution in [0.15, 0.2) is 10.1 Å². The minimum atomic E-state index is 0.0260. The Labute approximate surface area is 69.5 Å². The van der Waals surface area contributed by atoms with Gasteiger partial charge in [-0.15, -0.1) is 0 Å². The molecule has 0 atom stereocenters. The molecule has 0 aliphatic heterocycles. The number of aromatic nitrogens is 1. The van der Waals surface area contributed by atoms with Crippen LogP contribution in [0.3, 0.4) is 0 Å². The van der Waals surface area contributed by atoms with E-state index < -0.39 is 0 Å². The van der Waals surface area contributed by atoms with Crippen LogP contribution in [0.2, 0.25) is 0 Å². The summed E-state index contributed by atoms with van der Waals surface area (Å²) in [4.78, 5) is 5.96. The van der Waals surface area contributed by atoms with Gasteiger partial charge in [0.15, 0.2) is 0 Å². The van der Waals surface area contributed by atoms with Gasteiger partial charge in [0, 0.05) is 0 Å². The fourth-order valence-corrected chi connectivity index (χ4v) is 2.11. The van der Waals surface area contributed by atoms with Gasteiger partial charge in [-0.05, 0) is 0 Å². The van der Waals surface area contributed by atoms with Gasteiger partial charge in [-0.2, -0.15) is 0 Å². The van der Waals surface area contributed by atoms with Crippen molar-refractivity contribution in [3.05, 3.63) is 15.2 Å². The van der Waals surface area contributed by atoms with E-state index in [9.17, 15) is 0 Å². The Balaban J connectivity index is 3.03. The SMILES string of the molecule is Cc1c[se]c(/C(C#N)=N/O)n1. The third-order valence-corrected chi connectivity index (χ3v) is 3.06. The summed E-state index contributed by atoms with van der Waals surface area (Å²) in [6.07, 6.45) is 0. The van der Waals surface area contributed by atoms with Gasteiger partial charge >= 0.3 is 69.0 Å². The van der Waals surface area contributed by atoms with Gasteiger partial charge in [0.05, 0.1) is 0 Å². The van der Waals surface area contributed by atoms with E-state index in [1.54, 1.807) is 6.07 Å². The molecule has 1 heterocycles. The van der Waals surface area contributed by atoms with Crippen LogP contribution in [0.25, 0.3) is 0 Å². The predicted molar refractivity (Wildman–Crippen MR) is 39.9 cm³/mol. The molecule has 0 aromatic carbocycles. The van der Waals surface area contributed by atoms with Crippen LogP contribution in [-0.4, -0.2) is 30.4 Å². The topological polar surface area (TPSA) is 69.3 Å². The first kappa shape index (κ1) is 7.99. The number of rotatable bonds is 1. The van der Waals surface area contributed by atoms with Crippen molar-refractivity contribution in [3.63, 3.8) is 0 Å². The van der Waals surface area contributed by atoms with Gasteiger partial charge in [-0.25, -0.2) is 0 Å². The molecule has 0 bridgehead atoms. The molecule has 0 spiro atoms. The Morgan fingerprint density at radius 2 is 2.64 bits per heavy atom. The number of oxime groups is 1. The van der Waals surface area contributed by atoms with E-state index in [0.717, 1.165) is 5.69 Å². The maximum atomic E-state index is 8.44. The zero-order valence-electron chi connectivity index (χ0n) is 5.77. The molecule has 0 radical (unpaired) electrons. The zero-order chi connectivity index (χ0) is 8.27. The first-order valence-corrected chi connectivity index (χ1v) is 4.67. The van der Waals surface area contributed by atoms with Gasteiger partial charge in [0.1, 0.15) is 0 Å². The summed E-state index contributed by atoms with van der Waals surface area (Å²) in [6, 6.07) is 1.77. The molecule has 0 fully saturated rings. The predicted octanol–water partition coefficient (Wildman–Crippen LogP) is 0.149. The van der Waals surface area contributed by atoms with E-state index in [4.69, 9.17) is 10.5 Å². The Bertz CT molecular complexity index is 323. The number of nitriles is 1. The summed E-state index contributed by atoms with van der Waals surface area (Å²) in [5, 5.41) is 19.6. The average Bonchev–Trinajstić information content (AvgIpc) is 2.39. The number of hydrogen-bond acceptors (Lipinski definition) is 4. The Morgan fingerprint density at radius 1 is 1.91 bits per heavy atom. The molecular weight excluding hydrogens is 209 g/mol. The molecular formula is C6H5N3OSe. The van der Waals surface area contributed by atoms with Crippen LogP contribution in [0, 0.1) is 18.3 Å². The summed E-state index contributed by atoms with van der Waals surface area (Å²) in [6.45, 7) is 1.85. The summed E-state index contributed by atoms with van der Waals surface area (Å²) in [5.74, 6) is 0.